The Kier molecular flexibility index (Phi) is 8.46. The van der Waals surface area contributed by atoms with Gasteiger partial charge < -0.3 is 10.1 Å². The van der Waals surface area contributed by atoms with Crippen LogP contribution in [-0.4, -0.2) is 40.1 Å². The third-order valence-corrected chi connectivity index (χ3v) is 3.40. The van der Waals surface area contributed by atoms with Gasteiger partial charge in [0.15, 0.2) is 0 Å². The van der Waals surface area contributed by atoms with Crippen molar-refractivity contribution in [1.29, 1.82) is 0 Å². The van der Waals surface area contributed by atoms with E-state index < -0.39 is 0 Å². The highest BCUT2D eigenvalue weighted by Gasteiger charge is 2.22. The number of aromatic nitrogens is 3. The Morgan fingerprint density at radius 2 is 2.05 bits per heavy atom. The summed E-state index contributed by atoms with van der Waals surface area (Å²) in [5.41, 5.74) is 0. The standard InChI is InChI=1S/C15H30N4O/c1-5-9-14(20-8-4)13(16-7-3)11-15-17-12-18-19(15)10-6-2/h12-14,16H,5-11H2,1-4H3. The largest absolute Gasteiger partial charge is 0.377 e. The van der Waals surface area contributed by atoms with Gasteiger partial charge in [0.25, 0.3) is 0 Å². The van der Waals surface area contributed by atoms with Crippen LogP contribution in [0, 0.1) is 0 Å². The number of rotatable bonds is 11. The first-order valence-corrected chi connectivity index (χ1v) is 7.98. The maximum atomic E-state index is 5.93. The molecule has 0 radical (unpaired) electrons. The minimum Gasteiger partial charge on any atom is -0.377 e. The molecule has 1 heterocycles. The fourth-order valence-electron chi connectivity index (χ4n) is 2.54. The molecule has 0 saturated carbocycles. The summed E-state index contributed by atoms with van der Waals surface area (Å²) in [4.78, 5) is 4.42. The predicted octanol–water partition coefficient (Wildman–Crippen LogP) is 2.41. The molecule has 0 aliphatic heterocycles. The van der Waals surface area contributed by atoms with E-state index in [1.165, 1.54) is 0 Å². The van der Waals surface area contributed by atoms with E-state index in [1.807, 2.05) is 4.68 Å². The van der Waals surface area contributed by atoms with Crippen LogP contribution in [0.1, 0.15) is 52.8 Å². The van der Waals surface area contributed by atoms with Crippen molar-refractivity contribution in [2.45, 2.75) is 72.1 Å². The fourth-order valence-corrected chi connectivity index (χ4v) is 2.54. The van der Waals surface area contributed by atoms with Gasteiger partial charge in [-0.2, -0.15) is 5.10 Å². The molecule has 0 fully saturated rings. The molecule has 116 valence electrons. The molecule has 5 heteroatoms. The van der Waals surface area contributed by atoms with Gasteiger partial charge in [0.1, 0.15) is 12.2 Å². The summed E-state index contributed by atoms with van der Waals surface area (Å²) in [5.74, 6) is 1.05. The van der Waals surface area contributed by atoms with Crippen LogP contribution in [0.2, 0.25) is 0 Å². The summed E-state index contributed by atoms with van der Waals surface area (Å²) < 4.78 is 7.94. The molecular formula is C15H30N4O. The Bertz CT molecular complexity index is 347. The molecule has 1 aromatic heterocycles. The third-order valence-electron chi connectivity index (χ3n) is 3.40. The number of hydrogen-bond acceptors (Lipinski definition) is 4. The summed E-state index contributed by atoms with van der Waals surface area (Å²) in [6.45, 7) is 11.2. The van der Waals surface area contributed by atoms with E-state index in [2.05, 4.69) is 43.1 Å². The topological polar surface area (TPSA) is 52.0 Å². The fraction of sp³-hybridized carbons (Fsp3) is 0.867. The molecule has 0 bridgehead atoms. The van der Waals surface area contributed by atoms with E-state index in [0.717, 1.165) is 51.2 Å². The molecule has 1 rings (SSSR count). The van der Waals surface area contributed by atoms with E-state index in [0.29, 0.717) is 6.04 Å². The van der Waals surface area contributed by atoms with Crippen molar-refractivity contribution >= 4 is 0 Å². The molecule has 2 atom stereocenters. The van der Waals surface area contributed by atoms with Crippen molar-refractivity contribution < 1.29 is 4.74 Å². The zero-order valence-electron chi connectivity index (χ0n) is 13.4. The van der Waals surface area contributed by atoms with E-state index >= 15 is 0 Å². The van der Waals surface area contributed by atoms with E-state index in [4.69, 9.17) is 4.74 Å². The van der Waals surface area contributed by atoms with E-state index in [-0.39, 0.29) is 6.10 Å². The Balaban J connectivity index is 2.75. The lowest BCUT2D eigenvalue weighted by Gasteiger charge is -2.27. The molecule has 20 heavy (non-hydrogen) atoms. The molecule has 0 spiro atoms. The zero-order valence-corrected chi connectivity index (χ0v) is 13.4. The van der Waals surface area contributed by atoms with Crippen LogP contribution in [-0.2, 0) is 17.7 Å². The minimum atomic E-state index is 0.247. The van der Waals surface area contributed by atoms with Gasteiger partial charge in [0.2, 0.25) is 0 Å². The molecule has 1 N–H and O–H groups in total. The Hall–Kier alpha value is -0.940. The molecule has 5 nitrogen and oxygen atoms in total. The average Bonchev–Trinajstić information content (AvgIpc) is 2.86. The van der Waals surface area contributed by atoms with E-state index in [1.54, 1.807) is 6.33 Å². The lowest BCUT2D eigenvalue weighted by atomic mass is 10.0. The van der Waals surface area contributed by atoms with Crippen LogP contribution in [0.5, 0.6) is 0 Å². The second-order valence-electron chi connectivity index (χ2n) is 5.05. The van der Waals surface area contributed by atoms with Crippen LogP contribution >= 0.6 is 0 Å². The van der Waals surface area contributed by atoms with Crippen molar-refractivity contribution in [2.75, 3.05) is 13.2 Å². The van der Waals surface area contributed by atoms with Crippen LogP contribution in [0.15, 0.2) is 6.33 Å². The van der Waals surface area contributed by atoms with Gasteiger partial charge in [-0.25, -0.2) is 4.98 Å². The number of ether oxygens (including phenoxy) is 1. The van der Waals surface area contributed by atoms with Gasteiger partial charge >= 0.3 is 0 Å². The average molecular weight is 282 g/mol. The maximum absolute atomic E-state index is 5.93. The summed E-state index contributed by atoms with van der Waals surface area (Å²) in [5, 5.41) is 7.86. The smallest absolute Gasteiger partial charge is 0.138 e. The van der Waals surface area contributed by atoms with Gasteiger partial charge in [-0.3, -0.25) is 4.68 Å². The van der Waals surface area contributed by atoms with Gasteiger partial charge in [-0.15, -0.1) is 0 Å². The number of nitrogens with one attached hydrogen (secondary N) is 1. The van der Waals surface area contributed by atoms with E-state index in [9.17, 15) is 0 Å². The number of likely N-dealkylation sites (N-methyl/N-ethyl adjacent to an activating group) is 1. The highest BCUT2D eigenvalue weighted by atomic mass is 16.5. The molecule has 0 aliphatic carbocycles. The number of nitrogens with zero attached hydrogens (tertiary/aromatic N) is 3. The first-order chi connectivity index (χ1) is 9.76. The molecule has 0 aromatic carbocycles. The Morgan fingerprint density at radius 1 is 1.25 bits per heavy atom. The van der Waals surface area contributed by atoms with Crippen LogP contribution in [0.3, 0.4) is 0 Å². The van der Waals surface area contributed by atoms with Gasteiger partial charge in [0, 0.05) is 25.6 Å². The maximum Gasteiger partial charge on any atom is 0.138 e. The second kappa shape index (κ2) is 9.88. The van der Waals surface area contributed by atoms with Crippen LogP contribution in [0.4, 0.5) is 0 Å². The lowest BCUT2D eigenvalue weighted by Crippen LogP contribution is -2.43. The highest BCUT2D eigenvalue weighted by Crippen LogP contribution is 2.12. The minimum absolute atomic E-state index is 0.247. The van der Waals surface area contributed by atoms with Gasteiger partial charge in [-0.05, 0) is 26.3 Å². The highest BCUT2D eigenvalue weighted by molar-refractivity contribution is 4.93. The number of aryl methyl sites for hydroxylation is 1. The monoisotopic (exact) mass is 282 g/mol. The SMILES string of the molecule is CCCC(OCC)C(Cc1ncnn1CCC)NCC. The zero-order chi connectivity index (χ0) is 14.8. The molecule has 0 saturated heterocycles. The summed E-state index contributed by atoms with van der Waals surface area (Å²) >= 11 is 0. The van der Waals surface area contributed by atoms with Crippen molar-refractivity contribution in [1.82, 2.24) is 20.1 Å². The predicted molar refractivity (Wildman–Crippen MR) is 81.8 cm³/mol. The van der Waals surface area contributed by atoms with Crippen LogP contribution in [0.25, 0.3) is 0 Å². The Morgan fingerprint density at radius 3 is 2.65 bits per heavy atom. The molecular weight excluding hydrogens is 252 g/mol. The summed E-state index contributed by atoms with van der Waals surface area (Å²) in [6.07, 6.45) is 6.06. The molecule has 0 amide bonds. The first kappa shape index (κ1) is 17.1. The van der Waals surface area contributed by atoms with Crippen molar-refractivity contribution in [2.24, 2.45) is 0 Å². The summed E-state index contributed by atoms with van der Waals surface area (Å²) in [7, 11) is 0. The second-order valence-corrected chi connectivity index (χ2v) is 5.05. The lowest BCUT2D eigenvalue weighted by molar-refractivity contribution is 0.0278. The summed E-state index contributed by atoms with van der Waals surface area (Å²) in [6, 6.07) is 0.305. The van der Waals surface area contributed by atoms with Crippen molar-refractivity contribution in [3.8, 4) is 0 Å². The Labute approximate surface area is 123 Å². The van der Waals surface area contributed by atoms with Gasteiger partial charge in [0.05, 0.1) is 6.10 Å². The molecule has 2 unspecified atom stereocenters. The van der Waals surface area contributed by atoms with Crippen molar-refractivity contribution in [3.63, 3.8) is 0 Å². The molecule has 1 aromatic rings. The quantitative estimate of drug-likeness (QED) is 0.677. The molecule has 0 aliphatic rings. The van der Waals surface area contributed by atoms with Gasteiger partial charge in [-0.1, -0.05) is 27.2 Å². The third kappa shape index (κ3) is 5.21. The number of hydrogen-bond donors (Lipinski definition) is 1. The normalized spacial score (nSPS) is 14.4. The first-order valence-electron chi connectivity index (χ1n) is 7.98. The van der Waals surface area contributed by atoms with Crippen LogP contribution < -0.4 is 5.32 Å². The van der Waals surface area contributed by atoms with Crippen molar-refractivity contribution in [3.05, 3.63) is 12.2 Å².